The van der Waals surface area contributed by atoms with E-state index in [0.29, 0.717) is 6.07 Å². The highest BCUT2D eigenvalue weighted by atomic mass is 19.3. The fourth-order valence-corrected chi connectivity index (χ4v) is 1.83. The number of carbonyl (C=O) groups excluding carboxylic acids is 1. The van der Waals surface area contributed by atoms with Gasteiger partial charge < -0.3 is 14.8 Å². The molecule has 0 saturated carbocycles. The third kappa shape index (κ3) is 4.35. The van der Waals surface area contributed by atoms with E-state index in [1.54, 1.807) is 0 Å². The van der Waals surface area contributed by atoms with Crippen molar-refractivity contribution in [3.63, 3.8) is 0 Å². The number of nitrogens with one attached hydrogen (secondary N) is 1. The van der Waals surface area contributed by atoms with Gasteiger partial charge in [0.25, 0.3) is 5.91 Å². The van der Waals surface area contributed by atoms with Crippen molar-refractivity contribution in [2.45, 2.75) is 6.61 Å². The van der Waals surface area contributed by atoms with E-state index in [0.717, 1.165) is 18.2 Å². The van der Waals surface area contributed by atoms with Crippen LogP contribution in [0.3, 0.4) is 0 Å². The number of hydrogen-bond donors (Lipinski definition) is 1. The zero-order chi connectivity index (χ0) is 17.0. The normalized spacial score (nSPS) is 10.5. The van der Waals surface area contributed by atoms with E-state index in [1.165, 1.54) is 19.2 Å². The number of benzene rings is 2. The summed E-state index contributed by atoms with van der Waals surface area (Å²) in [4.78, 5) is 12.0. The Morgan fingerprint density at radius 1 is 1.04 bits per heavy atom. The molecule has 8 heteroatoms. The summed E-state index contributed by atoms with van der Waals surface area (Å²) in [6.07, 6.45) is 0. The molecular formula is C15H11F4NO3. The van der Waals surface area contributed by atoms with Crippen molar-refractivity contribution in [1.29, 1.82) is 0 Å². The van der Waals surface area contributed by atoms with Crippen molar-refractivity contribution in [2.24, 2.45) is 0 Å². The van der Waals surface area contributed by atoms with Crippen LogP contribution in [-0.4, -0.2) is 19.6 Å². The summed E-state index contributed by atoms with van der Waals surface area (Å²) in [5.41, 5.74) is -0.0486. The Morgan fingerprint density at radius 3 is 2.26 bits per heavy atom. The molecule has 2 rings (SSSR count). The lowest BCUT2D eigenvalue weighted by molar-refractivity contribution is -0.0512. The van der Waals surface area contributed by atoms with Gasteiger partial charge >= 0.3 is 6.61 Å². The van der Waals surface area contributed by atoms with Gasteiger partial charge in [0.2, 0.25) is 0 Å². The smallest absolute Gasteiger partial charge is 0.387 e. The largest absolute Gasteiger partial charge is 0.493 e. The van der Waals surface area contributed by atoms with Gasteiger partial charge in [-0.1, -0.05) is 0 Å². The molecule has 0 fully saturated rings. The Morgan fingerprint density at radius 2 is 1.70 bits per heavy atom. The molecule has 2 aromatic rings. The van der Waals surface area contributed by atoms with Gasteiger partial charge in [-0.15, -0.1) is 0 Å². The molecule has 0 bridgehead atoms. The number of alkyl halides is 2. The minimum atomic E-state index is -3.04. The first-order valence-corrected chi connectivity index (χ1v) is 6.29. The van der Waals surface area contributed by atoms with Gasteiger partial charge in [-0.3, -0.25) is 4.79 Å². The molecule has 0 aromatic heterocycles. The highest BCUT2D eigenvalue weighted by Crippen LogP contribution is 2.29. The topological polar surface area (TPSA) is 47.6 Å². The average Bonchev–Trinajstić information content (AvgIpc) is 2.45. The second-order valence-corrected chi connectivity index (χ2v) is 4.36. The van der Waals surface area contributed by atoms with Crippen molar-refractivity contribution in [3.8, 4) is 11.5 Å². The number of ether oxygens (including phenoxy) is 2. The SMILES string of the molecule is COc1cc(C(=O)Nc2cc(F)cc(F)c2)ccc1OC(F)F. The van der Waals surface area contributed by atoms with Crippen LogP contribution in [0.15, 0.2) is 36.4 Å². The van der Waals surface area contributed by atoms with Crippen LogP contribution in [-0.2, 0) is 0 Å². The fourth-order valence-electron chi connectivity index (χ4n) is 1.83. The third-order valence-corrected chi connectivity index (χ3v) is 2.76. The van der Waals surface area contributed by atoms with Crippen molar-refractivity contribution in [2.75, 3.05) is 12.4 Å². The van der Waals surface area contributed by atoms with Crippen LogP contribution in [0.5, 0.6) is 11.5 Å². The molecule has 1 amide bonds. The molecular weight excluding hydrogens is 318 g/mol. The molecule has 1 N–H and O–H groups in total. The predicted molar refractivity (Wildman–Crippen MR) is 73.9 cm³/mol. The van der Waals surface area contributed by atoms with Gasteiger partial charge in [-0.2, -0.15) is 8.78 Å². The lowest BCUT2D eigenvalue weighted by Gasteiger charge is -2.11. The number of rotatable bonds is 5. The van der Waals surface area contributed by atoms with Crippen LogP contribution in [0, 0.1) is 11.6 Å². The van der Waals surface area contributed by atoms with E-state index in [-0.39, 0.29) is 22.7 Å². The maximum Gasteiger partial charge on any atom is 0.387 e. The summed E-state index contributed by atoms with van der Waals surface area (Å²) in [5, 5.41) is 2.29. The van der Waals surface area contributed by atoms with E-state index < -0.39 is 24.2 Å². The first kappa shape index (κ1) is 16.6. The maximum absolute atomic E-state index is 13.1. The molecule has 4 nitrogen and oxygen atoms in total. The summed E-state index contributed by atoms with van der Waals surface area (Å²) >= 11 is 0. The fraction of sp³-hybridized carbons (Fsp3) is 0.133. The number of carbonyl (C=O) groups is 1. The molecule has 0 aliphatic carbocycles. The van der Waals surface area contributed by atoms with Crippen LogP contribution < -0.4 is 14.8 Å². The summed E-state index contributed by atoms with van der Waals surface area (Å²) in [6.45, 7) is -3.04. The average molecular weight is 329 g/mol. The minimum Gasteiger partial charge on any atom is -0.493 e. The zero-order valence-corrected chi connectivity index (χ0v) is 11.8. The van der Waals surface area contributed by atoms with Crippen molar-refractivity contribution in [1.82, 2.24) is 0 Å². The quantitative estimate of drug-likeness (QED) is 0.848. The molecule has 0 spiro atoms. The van der Waals surface area contributed by atoms with E-state index in [2.05, 4.69) is 10.1 Å². The van der Waals surface area contributed by atoms with E-state index >= 15 is 0 Å². The van der Waals surface area contributed by atoms with Crippen LogP contribution in [0.4, 0.5) is 23.2 Å². The zero-order valence-electron chi connectivity index (χ0n) is 11.8. The first-order valence-electron chi connectivity index (χ1n) is 6.29. The maximum atomic E-state index is 13.1. The lowest BCUT2D eigenvalue weighted by atomic mass is 10.2. The van der Waals surface area contributed by atoms with Gasteiger partial charge in [0.1, 0.15) is 11.6 Å². The summed E-state index contributed by atoms with van der Waals surface area (Å²) in [7, 11) is 1.22. The molecule has 0 saturated heterocycles. The van der Waals surface area contributed by atoms with Crippen molar-refractivity contribution in [3.05, 3.63) is 53.6 Å². The number of amides is 1. The van der Waals surface area contributed by atoms with Crippen molar-refractivity contribution >= 4 is 11.6 Å². The van der Waals surface area contributed by atoms with E-state index in [9.17, 15) is 22.4 Å². The van der Waals surface area contributed by atoms with Gasteiger partial charge in [0.15, 0.2) is 11.5 Å². The van der Waals surface area contributed by atoms with Crippen LogP contribution >= 0.6 is 0 Å². The number of hydrogen-bond acceptors (Lipinski definition) is 3. The second kappa shape index (κ2) is 6.99. The molecule has 23 heavy (non-hydrogen) atoms. The summed E-state index contributed by atoms with van der Waals surface area (Å²) < 4.78 is 59.7. The number of anilines is 1. The molecule has 0 radical (unpaired) electrons. The van der Waals surface area contributed by atoms with Gasteiger partial charge in [-0.25, -0.2) is 8.78 Å². The molecule has 2 aromatic carbocycles. The van der Waals surface area contributed by atoms with Crippen molar-refractivity contribution < 1.29 is 31.8 Å². The highest BCUT2D eigenvalue weighted by molar-refractivity contribution is 6.04. The Labute approximate surface area is 128 Å². The molecule has 0 aliphatic rings. The molecule has 122 valence electrons. The van der Waals surface area contributed by atoms with Crippen LogP contribution in [0.1, 0.15) is 10.4 Å². The highest BCUT2D eigenvalue weighted by Gasteiger charge is 2.14. The molecule has 0 unspecified atom stereocenters. The Hall–Kier alpha value is -2.77. The van der Waals surface area contributed by atoms with Crippen LogP contribution in [0.2, 0.25) is 0 Å². The molecule has 0 aliphatic heterocycles. The Kier molecular flexibility index (Phi) is 5.05. The lowest BCUT2D eigenvalue weighted by Crippen LogP contribution is -2.13. The van der Waals surface area contributed by atoms with E-state index in [1.807, 2.05) is 0 Å². The molecule has 0 atom stereocenters. The molecule has 0 heterocycles. The monoisotopic (exact) mass is 329 g/mol. The van der Waals surface area contributed by atoms with Gasteiger partial charge in [-0.05, 0) is 30.3 Å². The summed E-state index contributed by atoms with van der Waals surface area (Å²) in [6, 6.07) is 6.05. The Balaban J connectivity index is 2.22. The first-order chi connectivity index (χ1) is 10.9. The van der Waals surface area contributed by atoms with E-state index in [4.69, 9.17) is 4.74 Å². The minimum absolute atomic E-state index is 0.0353. The number of methoxy groups -OCH3 is 1. The van der Waals surface area contributed by atoms with Gasteiger partial charge in [0.05, 0.1) is 7.11 Å². The van der Waals surface area contributed by atoms with Gasteiger partial charge in [0, 0.05) is 17.3 Å². The second-order valence-electron chi connectivity index (χ2n) is 4.36. The van der Waals surface area contributed by atoms with Crippen LogP contribution in [0.25, 0.3) is 0 Å². The summed E-state index contributed by atoms with van der Waals surface area (Å²) in [5.74, 6) is -2.71. The standard InChI is InChI=1S/C15H11F4NO3/c1-22-13-4-8(2-3-12(13)23-15(18)19)14(21)20-11-6-9(16)5-10(17)7-11/h2-7,15H,1H3,(H,20,21). The third-order valence-electron chi connectivity index (χ3n) is 2.76. The Bertz CT molecular complexity index is 702. The number of halogens is 4. The predicted octanol–water partition coefficient (Wildman–Crippen LogP) is 3.83.